The van der Waals surface area contributed by atoms with Crippen molar-refractivity contribution < 1.29 is 14.6 Å². The van der Waals surface area contributed by atoms with Gasteiger partial charge in [-0.15, -0.1) is 0 Å². The lowest BCUT2D eigenvalue weighted by atomic mass is 10.0. The zero-order valence-electron chi connectivity index (χ0n) is 11.9. The summed E-state index contributed by atoms with van der Waals surface area (Å²) in [6, 6.07) is 9.72. The van der Waals surface area contributed by atoms with E-state index in [0.717, 1.165) is 5.56 Å². The molecule has 1 N–H and O–H groups in total. The van der Waals surface area contributed by atoms with Crippen molar-refractivity contribution in [3.63, 3.8) is 0 Å². The minimum atomic E-state index is -0.100. The molecule has 5 heteroatoms. The lowest BCUT2D eigenvalue weighted by Crippen LogP contribution is -2.48. The number of rotatable bonds is 4. The quantitative estimate of drug-likeness (QED) is 0.908. The van der Waals surface area contributed by atoms with Crippen LogP contribution in [0.4, 0.5) is 4.79 Å². The summed E-state index contributed by atoms with van der Waals surface area (Å²) in [5.74, 6) is 0. The number of hydrogen-bond acceptors (Lipinski definition) is 3. The average Bonchev–Trinajstić information content (AvgIpc) is 2.53. The highest BCUT2D eigenvalue weighted by atomic mass is 16.5. The molecule has 1 heterocycles. The van der Waals surface area contributed by atoms with Gasteiger partial charge in [0.25, 0.3) is 0 Å². The van der Waals surface area contributed by atoms with Gasteiger partial charge in [0.05, 0.1) is 19.3 Å². The van der Waals surface area contributed by atoms with Crippen molar-refractivity contribution >= 4 is 6.03 Å². The summed E-state index contributed by atoms with van der Waals surface area (Å²) in [4.78, 5) is 16.0. The van der Waals surface area contributed by atoms with E-state index in [1.54, 1.807) is 16.8 Å². The van der Waals surface area contributed by atoms with Crippen LogP contribution in [0.3, 0.4) is 0 Å². The Bertz CT molecular complexity index is 418. The number of carbonyl (C=O) groups excluding carboxylic acids is 1. The van der Waals surface area contributed by atoms with Crippen LogP contribution in [0, 0.1) is 0 Å². The highest BCUT2D eigenvalue weighted by molar-refractivity contribution is 5.74. The van der Waals surface area contributed by atoms with Gasteiger partial charge >= 0.3 is 6.03 Å². The molecule has 5 nitrogen and oxygen atoms in total. The normalized spacial score (nSPS) is 16.8. The van der Waals surface area contributed by atoms with Gasteiger partial charge in [0, 0.05) is 26.7 Å². The fourth-order valence-electron chi connectivity index (χ4n) is 2.49. The molecule has 1 unspecified atom stereocenters. The summed E-state index contributed by atoms with van der Waals surface area (Å²) in [7, 11) is 1.80. The lowest BCUT2D eigenvalue weighted by molar-refractivity contribution is 0.0408. The predicted octanol–water partition coefficient (Wildman–Crippen LogP) is 1.49. The Kier molecular flexibility index (Phi) is 5.38. The Balaban J connectivity index is 2.10. The topological polar surface area (TPSA) is 53.0 Å². The maximum absolute atomic E-state index is 12.5. The third-order valence-corrected chi connectivity index (χ3v) is 3.64. The van der Waals surface area contributed by atoms with Gasteiger partial charge in [0.2, 0.25) is 0 Å². The van der Waals surface area contributed by atoms with Gasteiger partial charge in [-0.2, -0.15) is 0 Å². The summed E-state index contributed by atoms with van der Waals surface area (Å²) in [6.45, 7) is 2.50. The highest BCUT2D eigenvalue weighted by Crippen LogP contribution is 2.24. The molecule has 2 amide bonds. The molecule has 1 aromatic rings. The Morgan fingerprint density at radius 3 is 2.60 bits per heavy atom. The van der Waals surface area contributed by atoms with E-state index in [-0.39, 0.29) is 18.7 Å². The van der Waals surface area contributed by atoms with E-state index in [1.807, 2.05) is 30.3 Å². The molecule has 1 saturated heterocycles. The third kappa shape index (κ3) is 3.49. The highest BCUT2D eigenvalue weighted by Gasteiger charge is 2.26. The molecule has 0 spiro atoms. The number of benzene rings is 1. The van der Waals surface area contributed by atoms with Crippen LogP contribution in [0.2, 0.25) is 0 Å². The number of hydrogen-bond donors (Lipinski definition) is 1. The zero-order chi connectivity index (χ0) is 14.4. The molecule has 20 heavy (non-hydrogen) atoms. The van der Waals surface area contributed by atoms with Crippen LogP contribution in [0.5, 0.6) is 0 Å². The molecule has 1 atom stereocenters. The Labute approximate surface area is 119 Å². The van der Waals surface area contributed by atoms with Gasteiger partial charge in [-0.05, 0) is 12.0 Å². The van der Waals surface area contributed by atoms with Crippen LogP contribution in [-0.4, -0.2) is 60.9 Å². The molecule has 1 aliphatic rings. The maximum Gasteiger partial charge on any atom is 0.320 e. The van der Waals surface area contributed by atoms with E-state index in [9.17, 15) is 9.90 Å². The minimum absolute atomic E-state index is 0.00407. The van der Waals surface area contributed by atoms with Crippen molar-refractivity contribution in [2.24, 2.45) is 0 Å². The van der Waals surface area contributed by atoms with Crippen molar-refractivity contribution in [3.05, 3.63) is 35.9 Å². The molecule has 0 aliphatic carbocycles. The fraction of sp³-hybridized carbons (Fsp3) is 0.533. The number of carbonyl (C=O) groups is 1. The smallest absolute Gasteiger partial charge is 0.320 e. The van der Waals surface area contributed by atoms with E-state index in [4.69, 9.17) is 4.74 Å². The van der Waals surface area contributed by atoms with Crippen LogP contribution in [-0.2, 0) is 4.74 Å². The molecule has 1 fully saturated rings. The standard InChI is InChI=1S/C15H22N2O3/c1-16(15(19)17-8-11-20-12-9-17)14(7-10-18)13-5-3-2-4-6-13/h2-6,14,18H,7-12H2,1H3. The van der Waals surface area contributed by atoms with Crippen LogP contribution >= 0.6 is 0 Å². The summed E-state index contributed by atoms with van der Waals surface area (Å²) < 4.78 is 5.27. The van der Waals surface area contributed by atoms with E-state index < -0.39 is 0 Å². The van der Waals surface area contributed by atoms with Crippen LogP contribution in [0.1, 0.15) is 18.0 Å². The minimum Gasteiger partial charge on any atom is -0.396 e. The monoisotopic (exact) mass is 278 g/mol. The van der Waals surface area contributed by atoms with Gasteiger partial charge in [-0.1, -0.05) is 30.3 Å². The second-order valence-electron chi connectivity index (χ2n) is 4.93. The van der Waals surface area contributed by atoms with Gasteiger partial charge in [0.15, 0.2) is 0 Å². The molecule has 1 aromatic carbocycles. The molecule has 0 aromatic heterocycles. The molecule has 0 bridgehead atoms. The van der Waals surface area contributed by atoms with Gasteiger partial charge < -0.3 is 19.6 Å². The van der Waals surface area contributed by atoms with E-state index in [1.165, 1.54) is 0 Å². The van der Waals surface area contributed by atoms with Gasteiger partial charge in [-0.25, -0.2) is 4.79 Å². The second-order valence-corrected chi connectivity index (χ2v) is 4.93. The number of aliphatic hydroxyl groups is 1. The van der Waals surface area contributed by atoms with Crippen LogP contribution in [0.15, 0.2) is 30.3 Å². The molecule has 110 valence electrons. The summed E-state index contributed by atoms with van der Waals surface area (Å²) in [6.07, 6.45) is 0.538. The lowest BCUT2D eigenvalue weighted by Gasteiger charge is -2.35. The summed E-state index contributed by atoms with van der Waals surface area (Å²) in [5, 5.41) is 9.27. The van der Waals surface area contributed by atoms with Crippen LogP contribution in [0.25, 0.3) is 0 Å². The molecular formula is C15H22N2O3. The first kappa shape index (κ1) is 14.8. The van der Waals surface area contributed by atoms with Crippen LogP contribution < -0.4 is 0 Å². The first-order chi connectivity index (χ1) is 9.74. The number of nitrogens with zero attached hydrogens (tertiary/aromatic N) is 2. The molecule has 0 radical (unpaired) electrons. The Morgan fingerprint density at radius 1 is 1.35 bits per heavy atom. The predicted molar refractivity (Wildman–Crippen MR) is 76.4 cm³/mol. The van der Waals surface area contributed by atoms with E-state index >= 15 is 0 Å². The van der Waals surface area contributed by atoms with E-state index in [2.05, 4.69) is 0 Å². The summed E-state index contributed by atoms with van der Waals surface area (Å²) in [5.41, 5.74) is 1.05. The largest absolute Gasteiger partial charge is 0.396 e. The van der Waals surface area contributed by atoms with Gasteiger partial charge in [-0.3, -0.25) is 0 Å². The third-order valence-electron chi connectivity index (χ3n) is 3.64. The molecule has 2 rings (SSSR count). The van der Waals surface area contributed by atoms with Crippen molar-refractivity contribution in [1.29, 1.82) is 0 Å². The molecule has 0 saturated carbocycles. The first-order valence-electron chi connectivity index (χ1n) is 6.99. The van der Waals surface area contributed by atoms with E-state index in [0.29, 0.717) is 32.7 Å². The molecule has 1 aliphatic heterocycles. The Morgan fingerprint density at radius 2 is 2.00 bits per heavy atom. The number of morpholine rings is 1. The zero-order valence-corrected chi connectivity index (χ0v) is 11.9. The second kappa shape index (κ2) is 7.26. The maximum atomic E-state index is 12.5. The van der Waals surface area contributed by atoms with Crippen molar-refractivity contribution in [3.8, 4) is 0 Å². The SMILES string of the molecule is CN(C(=O)N1CCOCC1)C(CCO)c1ccccc1. The first-order valence-corrected chi connectivity index (χ1v) is 6.99. The molecular weight excluding hydrogens is 256 g/mol. The van der Waals surface area contributed by atoms with Crippen molar-refractivity contribution in [2.75, 3.05) is 40.0 Å². The number of amides is 2. The average molecular weight is 278 g/mol. The Hall–Kier alpha value is -1.59. The van der Waals surface area contributed by atoms with Gasteiger partial charge in [0.1, 0.15) is 0 Å². The number of aliphatic hydroxyl groups excluding tert-OH is 1. The van der Waals surface area contributed by atoms with Crippen molar-refractivity contribution in [2.45, 2.75) is 12.5 Å². The number of ether oxygens (including phenoxy) is 1. The summed E-state index contributed by atoms with van der Waals surface area (Å²) >= 11 is 0. The fourth-order valence-corrected chi connectivity index (χ4v) is 2.49. The van der Waals surface area contributed by atoms with Crippen molar-refractivity contribution in [1.82, 2.24) is 9.80 Å². The number of urea groups is 1.